The summed E-state index contributed by atoms with van der Waals surface area (Å²) in [5.74, 6) is 2.14. The molecule has 0 aromatic heterocycles. The number of hydrogen-bond acceptors (Lipinski definition) is 7. The molecule has 0 radical (unpaired) electrons. The Bertz CT molecular complexity index is 1410. The molecule has 0 spiro atoms. The molecule has 1 heterocycles. The van der Waals surface area contributed by atoms with Gasteiger partial charge < -0.3 is 28.4 Å². The van der Waals surface area contributed by atoms with E-state index in [9.17, 15) is 4.79 Å². The van der Waals surface area contributed by atoms with Gasteiger partial charge in [0.1, 0.15) is 6.61 Å². The fraction of sp³-hybridized carbons (Fsp3) is 0.486. The summed E-state index contributed by atoms with van der Waals surface area (Å²) in [6.45, 7) is 9.48. The Hall–Kier alpha value is -3.87. The van der Waals surface area contributed by atoms with Gasteiger partial charge in [0.05, 0.1) is 41.0 Å². The molecular weight excluding hydrogens is 556 g/mol. The SMILES string of the molecule is COc1cc([C@H]2c3c(cc(OC)c(OC)c3OC)C[C@H]3COC(=O)[C@@H]32)ccc1OC/C=C(\C)CC/C=C(\C)CCC=C(C)C. The highest BCUT2D eigenvalue weighted by Crippen LogP contribution is 2.55. The van der Waals surface area contributed by atoms with Crippen LogP contribution in [-0.2, 0) is 16.0 Å². The second kappa shape index (κ2) is 15.2. The Morgan fingerprint density at radius 2 is 1.50 bits per heavy atom. The minimum absolute atomic E-state index is 0.0499. The minimum atomic E-state index is -0.346. The lowest BCUT2D eigenvalue weighted by atomic mass is 9.67. The molecular formula is C37H48O7. The predicted molar refractivity (Wildman–Crippen MR) is 173 cm³/mol. The fourth-order valence-electron chi connectivity index (χ4n) is 6.36. The van der Waals surface area contributed by atoms with Crippen LogP contribution in [0.15, 0.2) is 59.2 Å². The number of rotatable bonds is 14. The number of carbonyl (C=O) groups is 1. The molecule has 2 aromatic carbocycles. The predicted octanol–water partition coefficient (Wildman–Crippen LogP) is 8.00. The molecule has 7 nitrogen and oxygen atoms in total. The van der Waals surface area contributed by atoms with Crippen molar-refractivity contribution < 1.29 is 33.2 Å². The molecule has 0 saturated carbocycles. The van der Waals surface area contributed by atoms with Crippen molar-refractivity contribution in [2.24, 2.45) is 11.8 Å². The van der Waals surface area contributed by atoms with Gasteiger partial charge in [0.15, 0.2) is 23.0 Å². The molecule has 7 heteroatoms. The monoisotopic (exact) mass is 604 g/mol. The normalized spacial score (nSPS) is 19.5. The molecule has 0 N–H and O–H groups in total. The summed E-state index contributed by atoms with van der Waals surface area (Å²) < 4.78 is 34.8. The highest BCUT2D eigenvalue weighted by atomic mass is 16.5. The maximum atomic E-state index is 13.1. The highest BCUT2D eigenvalue weighted by Gasteiger charge is 2.49. The molecule has 1 aliphatic carbocycles. The van der Waals surface area contributed by atoms with Crippen LogP contribution < -0.4 is 23.7 Å². The second-order valence-corrected chi connectivity index (χ2v) is 12.0. The van der Waals surface area contributed by atoms with Gasteiger partial charge in [-0.25, -0.2) is 0 Å². The van der Waals surface area contributed by atoms with Crippen molar-refractivity contribution >= 4 is 5.97 Å². The molecule has 0 unspecified atom stereocenters. The van der Waals surface area contributed by atoms with Crippen molar-refractivity contribution in [2.45, 2.75) is 65.7 Å². The van der Waals surface area contributed by atoms with Crippen molar-refractivity contribution in [3.8, 4) is 28.7 Å². The lowest BCUT2D eigenvalue weighted by molar-refractivity contribution is -0.141. The van der Waals surface area contributed by atoms with Crippen LogP contribution in [0, 0.1) is 11.8 Å². The summed E-state index contributed by atoms with van der Waals surface area (Å²) in [4.78, 5) is 13.1. The first-order valence-corrected chi connectivity index (χ1v) is 15.5. The van der Waals surface area contributed by atoms with Crippen LogP contribution in [0.1, 0.15) is 76.0 Å². The third kappa shape index (κ3) is 7.43. The van der Waals surface area contributed by atoms with E-state index in [1.807, 2.05) is 24.3 Å². The van der Waals surface area contributed by atoms with Crippen molar-refractivity contribution in [3.05, 3.63) is 75.9 Å². The molecule has 2 aromatic rings. The Balaban J connectivity index is 1.54. The zero-order chi connectivity index (χ0) is 31.8. The molecule has 0 bridgehead atoms. The van der Waals surface area contributed by atoms with E-state index in [2.05, 4.69) is 45.9 Å². The van der Waals surface area contributed by atoms with E-state index in [0.717, 1.165) is 42.4 Å². The van der Waals surface area contributed by atoms with Gasteiger partial charge >= 0.3 is 5.97 Å². The standard InChI is InChI=1S/C37H48O7/c1-23(2)11-9-12-24(3)13-10-14-25(4)17-18-43-29-16-15-26(20-30(29)39-5)32-33-27(19-28-22-44-37(38)34(28)32)21-31(40-6)35(41-7)36(33)42-8/h11,13,15-17,20-21,28,32,34H,9-10,12,14,18-19,22H2,1-8H3/b24-13+,25-17+/t28-,32-,34-/m0/s1. The number of benzene rings is 2. The summed E-state index contributed by atoms with van der Waals surface area (Å²) in [5, 5.41) is 0. The molecule has 1 fully saturated rings. The fourth-order valence-corrected chi connectivity index (χ4v) is 6.36. The number of ether oxygens (including phenoxy) is 6. The van der Waals surface area contributed by atoms with Crippen molar-refractivity contribution in [1.82, 2.24) is 0 Å². The van der Waals surface area contributed by atoms with Crippen molar-refractivity contribution in [1.29, 1.82) is 0 Å². The maximum Gasteiger partial charge on any atom is 0.310 e. The smallest absolute Gasteiger partial charge is 0.310 e. The van der Waals surface area contributed by atoms with Gasteiger partial charge in [-0.1, -0.05) is 34.9 Å². The lowest BCUT2D eigenvalue weighted by Crippen LogP contribution is -2.32. The largest absolute Gasteiger partial charge is 0.493 e. The van der Waals surface area contributed by atoms with E-state index >= 15 is 0 Å². The van der Waals surface area contributed by atoms with E-state index in [0.29, 0.717) is 48.4 Å². The van der Waals surface area contributed by atoms with E-state index in [1.165, 1.54) is 16.7 Å². The Labute approximate surface area is 262 Å². The van der Waals surface area contributed by atoms with Gasteiger partial charge in [0, 0.05) is 17.4 Å². The zero-order valence-electron chi connectivity index (χ0n) is 27.6. The van der Waals surface area contributed by atoms with Crippen LogP contribution >= 0.6 is 0 Å². The average Bonchev–Trinajstić information content (AvgIpc) is 3.38. The summed E-state index contributed by atoms with van der Waals surface area (Å²) in [6, 6.07) is 7.89. The molecule has 4 rings (SSSR count). The first kappa shape index (κ1) is 33.0. The third-order valence-corrected chi connectivity index (χ3v) is 8.67. The number of cyclic esters (lactones) is 1. The first-order chi connectivity index (χ1) is 21.2. The second-order valence-electron chi connectivity index (χ2n) is 12.0. The van der Waals surface area contributed by atoms with Gasteiger partial charge in [-0.15, -0.1) is 0 Å². The van der Waals surface area contributed by atoms with Crippen LogP contribution in [0.4, 0.5) is 0 Å². The van der Waals surface area contributed by atoms with Crippen LogP contribution in [0.25, 0.3) is 0 Å². The van der Waals surface area contributed by atoms with Gasteiger partial charge in [-0.05, 0) is 95.2 Å². The molecule has 1 aliphatic heterocycles. The third-order valence-electron chi connectivity index (χ3n) is 8.67. The van der Waals surface area contributed by atoms with E-state index in [-0.39, 0.29) is 23.7 Å². The van der Waals surface area contributed by atoms with Crippen molar-refractivity contribution in [2.75, 3.05) is 41.7 Å². The van der Waals surface area contributed by atoms with Crippen LogP contribution in [0.5, 0.6) is 28.7 Å². The number of hydrogen-bond donors (Lipinski definition) is 0. The summed E-state index contributed by atoms with van der Waals surface area (Å²) in [5.41, 5.74) is 6.99. The summed E-state index contributed by atoms with van der Waals surface area (Å²) in [7, 11) is 6.45. The van der Waals surface area contributed by atoms with Gasteiger partial charge in [-0.3, -0.25) is 4.79 Å². The van der Waals surface area contributed by atoms with Gasteiger partial charge in [0.2, 0.25) is 5.75 Å². The van der Waals surface area contributed by atoms with Crippen LogP contribution in [-0.4, -0.2) is 47.6 Å². The molecule has 1 saturated heterocycles. The zero-order valence-corrected chi connectivity index (χ0v) is 27.6. The minimum Gasteiger partial charge on any atom is -0.493 e. The Morgan fingerprint density at radius 1 is 0.818 bits per heavy atom. The number of fused-ring (bicyclic) bond motifs is 2. The van der Waals surface area contributed by atoms with E-state index < -0.39 is 0 Å². The van der Waals surface area contributed by atoms with E-state index in [4.69, 9.17) is 28.4 Å². The molecule has 0 amide bonds. The maximum absolute atomic E-state index is 13.1. The quantitative estimate of drug-likeness (QED) is 0.160. The number of carbonyl (C=O) groups excluding carboxylic acids is 1. The van der Waals surface area contributed by atoms with E-state index in [1.54, 1.807) is 28.4 Å². The number of esters is 1. The molecule has 44 heavy (non-hydrogen) atoms. The van der Waals surface area contributed by atoms with Crippen LogP contribution in [0.3, 0.4) is 0 Å². The Morgan fingerprint density at radius 3 is 2.16 bits per heavy atom. The summed E-state index contributed by atoms with van der Waals surface area (Å²) in [6.07, 6.45) is 11.7. The number of allylic oxidation sites excluding steroid dienone is 5. The van der Waals surface area contributed by atoms with Gasteiger partial charge in [0.25, 0.3) is 0 Å². The first-order valence-electron chi connectivity index (χ1n) is 15.5. The Kier molecular flexibility index (Phi) is 11.4. The highest BCUT2D eigenvalue weighted by molar-refractivity contribution is 5.79. The number of methoxy groups -OCH3 is 4. The molecule has 3 atom stereocenters. The topological polar surface area (TPSA) is 72.5 Å². The average molecular weight is 605 g/mol. The van der Waals surface area contributed by atoms with Crippen LogP contribution in [0.2, 0.25) is 0 Å². The van der Waals surface area contributed by atoms with Gasteiger partial charge in [-0.2, -0.15) is 0 Å². The molecule has 2 aliphatic rings. The molecule has 238 valence electrons. The lowest BCUT2D eigenvalue weighted by Gasteiger charge is -2.35. The summed E-state index contributed by atoms with van der Waals surface area (Å²) >= 11 is 0. The van der Waals surface area contributed by atoms with Crippen molar-refractivity contribution in [3.63, 3.8) is 0 Å².